The lowest BCUT2D eigenvalue weighted by Gasteiger charge is -2.44. The van der Waals surface area contributed by atoms with Crippen molar-refractivity contribution in [1.82, 2.24) is 9.88 Å². The number of anilines is 2. The molecule has 8 nitrogen and oxygen atoms in total. The normalized spacial score (nSPS) is 18.4. The number of nitrogens with zero attached hydrogens (tertiary/aromatic N) is 3. The number of halogens is 5. The van der Waals surface area contributed by atoms with E-state index in [0.717, 1.165) is 12.1 Å². The first kappa shape index (κ1) is 28.5. The van der Waals surface area contributed by atoms with Crippen LogP contribution in [0.4, 0.5) is 33.9 Å². The minimum Gasteiger partial charge on any atom is -0.444 e. The van der Waals surface area contributed by atoms with Gasteiger partial charge in [-0.15, -0.1) is 13.2 Å². The maximum atomic E-state index is 14.3. The molecular formula is C24H27BrF4N4O4. The Morgan fingerprint density at radius 2 is 1.78 bits per heavy atom. The summed E-state index contributed by atoms with van der Waals surface area (Å²) in [6.07, 6.45) is -4.10. The molecule has 0 spiro atoms. The molecular weight excluding hydrogens is 564 g/mol. The molecule has 37 heavy (non-hydrogen) atoms. The van der Waals surface area contributed by atoms with Crippen LogP contribution < -0.4 is 15.0 Å². The Hall–Kier alpha value is -3.09. The Morgan fingerprint density at radius 1 is 1.11 bits per heavy atom. The second-order valence-corrected chi connectivity index (χ2v) is 10.5. The van der Waals surface area contributed by atoms with Gasteiger partial charge < -0.3 is 24.6 Å². The Balaban J connectivity index is 1.70. The Bertz CT molecular complexity index is 1160. The maximum Gasteiger partial charge on any atom is 0.573 e. The standard InChI is InChI=1S/C24H27BrF4N4O4/c1-13-12-33(22(35)37-23(3,4)5)14(2)11-32(13)20-7-6-15(10-30-20)21(34)31-18-9-19(36-24(27,28)29)16(25)8-17(18)26/h6-10,13-14H,11-12H2,1-5H3,(H,31,34)/t13-,14+/m1/s1. The molecule has 13 heteroatoms. The van der Waals surface area contributed by atoms with Crippen molar-refractivity contribution in [3.63, 3.8) is 0 Å². The van der Waals surface area contributed by atoms with Crippen molar-refractivity contribution in [1.29, 1.82) is 0 Å². The monoisotopic (exact) mass is 590 g/mol. The highest BCUT2D eigenvalue weighted by Gasteiger charge is 2.35. The fourth-order valence-electron chi connectivity index (χ4n) is 3.73. The van der Waals surface area contributed by atoms with Crippen molar-refractivity contribution in [3.05, 3.63) is 46.3 Å². The van der Waals surface area contributed by atoms with Gasteiger partial charge in [0.1, 0.15) is 23.0 Å². The van der Waals surface area contributed by atoms with Gasteiger partial charge in [-0.3, -0.25) is 4.79 Å². The Morgan fingerprint density at radius 3 is 2.35 bits per heavy atom. The van der Waals surface area contributed by atoms with Gasteiger partial charge in [-0.2, -0.15) is 0 Å². The van der Waals surface area contributed by atoms with Gasteiger partial charge in [0.05, 0.1) is 15.7 Å². The third-order valence-corrected chi connectivity index (χ3v) is 6.03. The summed E-state index contributed by atoms with van der Waals surface area (Å²) in [6, 6.07) is 4.32. The Kier molecular flexibility index (Phi) is 8.25. The van der Waals surface area contributed by atoms with Crippen LogP contribution in [0.5, 0.6) is 5.75 Å². The predicted octanol–water partition coefficient (Wildman–Crippen LogP) is 5.97. The number of carbonyl (C=O) groups is 2. The van der Waals surface area contributed by atoms with Crippen molar-refractivity contribution < 1.29 is 36.6 Å². The van der Waals surface area contributed by atoms with Crippen LogP contribution in [-0.2, 0) is 4.74 Å². The van der Waals surface area contributed by atoms with E-state index < -0.39 is 41.2 Å². The molecule has 1 aliphatic rings. The highest BCUT2D eigenvalue weighted by atomic mass is 79.9. The zero-order valence-electron chi connectivity index (χ0n) is 20.8. The number of amides is 2. The first-order valence-electron chi connectivity index (χ1n) is 11.3. The predicted molar refractivity (Wildman–Crippen MR) is 132 cm³/mol. The minimum atomic E-state index is -4.99. The quantitative estimate of drug-likeness (QED) is 0.442. The second kappa shape index (κ2) is 10.7. The van der Waals surface area contributed by atoms with E-state index in [9.17, 15) is 27.2 Å². The first-order chi connectivity index (χ1) is 17.0. The van der Waals surface area contributed by atoms with Crippen molar-refractivity contribution in [2.75, 3.05) is 23.3 Å². The lowest BCUT2D eigenvalue weighted by molar-refractivity contribution is -0.274. The molecule has 0 aliphatic carbocycles. The van der Waals surface area contributed by atoms with E-state index in [2.05, 4.69) is 31.0 Å². The summed E-state index contributed by atoms with van der Waals surface area (Å²) in [5.74, 6) is -1.86. The van der Waals surface area contributed by atoms with Crippen molar-refractivity contribution in [2.24, 2.45) is 0 Å². The van der Waals surface area contributed by atoms with Crippen LogP contribution in [0.2, 0.25) is 0 Å². The van der Waals surface area contributed by atoms with E-state index >= 15 is 0 Å². The summed E-state index contributed by atoms with van der Waals surface area (Å²) in [4.78, 5) is 33.2. The summed E-state index contributed by atoms with van der Waals surface area (Å²) >= 11 is 2.80. The molecule has 1 fully saturated rings. The molecule has 0 radical (unpaired) electrons. The topological polar surface area (TPSA) is 84.0 Å². The van der Waals surface area contributed by atoms with Gasteiger partial charge in [-0.05, 0) is 68.7 Å². The van der Waals surface area contributed by atoms with Gasteiger partial charge in [0.25, 0.3) is 5.91 Å². The van der Waals surface area contributed by atoms with Gasteiger partial charge in [-0.25, -0.2) is 14.2 Å². The molecule has 2 amide bonds. The van der Waals surface area contributed by atoms with Gasteiger partial charge in [0, 0.05) is 37.4 Å². The molecule has 1 N–H and O–H groups in total. The number of hydrogen-bond donors (Lipinski definition) is 1. The molecule has 2 heterocycles. The third-order valence-electron chi connectivity index (χ3n) is 5.41. The van der Waals surface area contributed by atoms with Crippen molar-refractivity contribution >= 4 is 39.4 Å². The van der Waals surface area contributed by atoms with Gasteiger partial charge in [-0.1, -0.05) is 0 Å². The zero-order chi connectivity index (χ0) is 27.7. The van der Waals surface area contributed by atoms with Crippen LogP contribution in [0.25, 0.3) is 0 Å². The van der Waals surface area contributed by atoms with Crippen LogP contribution in [0.3, 0.4) is 0 Å². The fourth-order valence-corrected chi connectivity index (χ4v) is 4.13. The molecule has 202 valence electrons. The molecule has 1 aliphatic heterocycles. The summed E-state index contributed by atoms with van der Waals surface area (Å²) in [6.45, 7) is 10.1. The van der Waals surface area contributed by atoms with E-state index in [1.165, 1.54) is 12.3 Å². The summed E-state index contributed by atoms with van der Waals surface area (Å²) < 4.78 is 61.1. The molecule has 1 aromatic heterocycles. The number of hydrogen-bond acceptors (Lipinski definition) is 6. The largest absolute Gasteiger partial charge is 0.573 e. The van der Waals surface area contributed by atoms with Crippen LogP contribution in [0, 0.1) is 5.82 Å². The summed E-state index contributed by atoms with van der Waals surface area (Å²) in [7, 11) is 0. The molecule has 2 aromatic rings. The molecule has 2 atom stereocenters. The van der Waals surface area contributed by atoms with Crippen LogP contribution in [0.15, 0.2) is 34.9 Å². The average Bonchev–Trinajstić information content (AvgIpc) is 2.76. The number of pyridine rings is 1. The van der Waals surface area contributed by atoms with Crippen molar-refractivity contribution in [3.8, 4) is 5.75 Å². The van der Waals surface area contributed by atoms with Crippen molar-refractivity contribution in [2.45, 2.75) is 58.7 Å². The fraction of sp³-hybridized carbons (Fsp3) is 0.458. The average molecular weight is 591 g/mol. The second-order valence-electron chi connectivity index (χ2n) is 9.65. The van der Waals surface area contributed by atoms with E-state index in [4.69, 9.17) is 4.74 Å². The van der Waals surface area contributed by atoms with E-state index in [-0.39, 0.29) is 22.1 Å². The van der Waals surface area contributed by atoms with Crippen LogP contribution in [0.1, 0.15) is 45.0 Å². The molecule has 1 saturated heterocycles. The molecule has 0 bridgehead atoms. The molecule has 3 rings (SSSR count). The number of nitrogens with one attached hydrogen (secondary N) is 1. The molecule has 0 unspecified atom stereocenters. The highest BCUT2D eigenvalue weighted by molar-refractivity contribution is 9.10. The number of ether oxygens (including phenoxy) is 2. The van der Waals surface area contributed by atoms with E-state index in [1.807, 2.05) is 18.7 Å². The number of alkyl halides is 3. The van der Waals surface area contributed by atoms with Gasteiger partial charge in [0.2, 0.25) is 0 Å². The van der Waals surface area contributed by atoms with Crippen LogP contribution >= 0.6 is 15.9 Å². The van der Waals surface area contributed by atoms with Crippen LogP contribution in [-0.4, -0.2) is 59.0 Å². The van der Waals surface area contributed by atoms with Gasteiger partial charge in [0.15, 0.2) is 0 Å². The number of aromatic nitrogens is 1. The summed E-state index contributed by atoms with van der Waals surface area (Å²) in [5, 5.41) is 2.24. The Labute approximate surface area is 220 Å². The lowest BCUT2D eigenvalue weighted by Crippen LogP contribution is -2.59. The highest BCUT2D eigenvalue weighted by Crippen LogP contribution is 2.35. The minimum absolute atomic E-state index is 0.0671. The smallest absolute Gasteiger partial charge is 0.444 e. The van der Waals surface area contributed by atoms with Gasteiger partial charge >= 0.3 is 12.5 Å². The molecule has 0 saturated carbocycles. The first-order valence-corrected chi connectivity index (χ1v) is 12.1. The number of rotatable bonds is 4. The molecule has 1 aromatic carbocycles. The van der Waals surface area contributed by atoms with E-state index in [0.29, 0.717) is 18.9 Å². The maximum absolute atomic E-state index is 14.3. The SMILES string of the molecule is C[C@@H]1CN(C(=O)OC(C)(C)C)[C@@H](C)CN1c1ccc(C(=O)Nc2cc(OC(F)(F)F)c(Br)cc2F)cn1. The van der Waals surface area contributed by atoms with E-state index in [1.54, 1.807) is 31.7 Å². The third kappa shape index (κ3) is 7.46. The summed E-state index contributed by atoms with van der Waals surface area (Å²) in [5.41, 5.74) is -1.03. The number of piperazine rings is 1. The zero-order valence-corrected chi connectivity index (χ0v) is 22.4. The lowest BCUT2D eigenvalue weighted by atomic mass is 10.1. The number of carbonyl (C=O) groups excluding carboxylic acids is 2. The number of benzene rings is 1.